The Balaban J connectivity index is 2.07. The molecule has 4 nitrogen and oxygen atoms in total. The minimum absolute atomic E-state index is 0.134. The van der Waals surface area contributed by atoms with Crippen LogP contribution in [0.4, 0.5) is 10.1 Å². The van der Waals surface area contributed by atoms with Gasteiger partial charge in [-0.3, -0.25) is 0 Å². The van der Waals surface area contributed by atoms with Gasteiger partial charge in [-0.2, -0.15) is 0 Å². The fraction of sp³-hybridized carbons (Fsp3) is 0.625. The molecule has 0 aromatic heterocycles. The van der Waals surface area contributed by atoms with Crippen molar-refractivity contribution in [1.29, 1.82) is 0 Å². The van der Waals surface area contributed by atoms with Crippen LogP contribution in [0, 0.1) is 5.82 Å². The zero-order valence-electron chi connectivity index (χ0n) is 13.2. The quantitative estimate of drug-likeness (QED) is 0.775. The van der Waals surface area contributed by atoms with Crippen molar-refractivity contribution < 1.29 is 9.13 Å². The number of hydrogen-bond donors (Lipinski definition) is 1. The van der Waals surface area contributed by atoms with Crippen molar-refractivity contribution in [2.24, 2.45) is 0 Å². The van der Waals surface area contributed by atoms with E-state index in [1.165, 1.54) is 6.07 Å². The van der Waals surface area contributed by atoms with Gasteiger partial charge in [0.05, 0.1) is 6.61 Å². The third-order valence-electron chi connectivity index (χ3n) is 4.11. The summed E-state index contributed by atoms with van der Waals surface area (Å²) in [5.41, 5.74) is 1.78. The third-order valence-corrected chi connectivity index (χ3v) is 4.11. The molecule has 5 heteroatoms. The van der Waals surface area contributed by atoms with Crippen LogP contribution < -0.4 is 10.2 Å². The summed E-state index contributed by atoms with van der Waals surface area (Å²) >= 11 is 0. The smallest absolute Gasteiger partial charge is 0.129 e. The van der Waals surface area contributed by atoms with Crippen LogP contribution in [0.1, 0.15) is 12.0 Å². The van der Waals surface area contributed by atoms with Crippen LogP contribution >= 0.6 is 0 Å². The lowest BCUT2D eigenvalue weighted by Crippen LogP contribution is -2.32. The van der Waals surface area contributed by atoms with E-state index >= 15 is 0 Å². The van der Waals surface area contributed by atoms with Gasteiger partial charge < -0.3 is 19.9 Å². The molecule has 2 rings (SSSR count). The van der Waals surface area contributed by atoms with Crippen LogP contribution in [0.3, 0.4) is 0 Å². The van der Waals surface area contributed by atoms with Gasteiger partial charge in [0.1, 0.15) is 5.82 Å². The molecule has 0 saturated carbocycles. The number of nitrogens with one attached hydrogen (secondary N) is 1. The van der Waals surface area contributed by atoms with Crippen molar-refractivity contribution in [3.05, 3.63) is 29.6 Å². The van der Waals surface area contributed by atoms with Gasteiger partial charge in [0.15, 0.2) is 0 Å². The van der Waals surface area contributed by atoms with Crippen molar-refractivity contribution in [2.75, 3.05) is 52.3 Å². The van der Waals surface area contributed by atoms with Gasteiger partial charge in [0.2, 0.25) is 0 Å². The number of hydrogen-bond acceptors (Lipinski definition) is 4. The molecule has 1 aliphatic rings. The average molecular weight is 295 g/mol. The van der Waals surface area contributed by atoms with E-state index in [-0.39, 0.29) is 5.82 Å². The first-order valence-electron chi connectivity index (χ1n) is 7.52. The van der Waals surface area contributed by atoms with E-state index in [2.05, 4.69) is 29.2 Å². The topological polar surface area (TPSA) is 27.7 Å². The molecule has 1 unspecified atom stereocenters. The van der Waals surface area contributed by atoms with Crippen molar-refractivity contribution in [2.45, 2.75) is 19.0 Å². The Bertz CT molecular complexity index is 453. The summed E-state index contributed by atoms with van der Waals surface area (Å²) in [6.07, 6.45) is 1.13. The number of halogens is 1. The van der Waals surface area contributed by atoms with Gasteiger partial charge in [-0.1, -0.05) is 6.07 Å². The second kappa shape index (κ2) is 7.73. The van der Waals surface area contributed by atoms with Crippen LogP contribution in [0.25, 0.3) is 0 Å². The predicted octanol–water partition coefficient (Wildman–Crippen LogP) is 1.70. The summed E-state index contributed by atoms with van der Waals surface area (Å²) in [5, 5.41) is 3.24. The Kier molecular flexibility index (Phi) is 5.96. The van der Waals surface area contributed by atoms with Crippen molar-refractivity contribution in [1.82, 2.24) is 10.2 Å². The molecule has 1 aromatic carbocycles. The normalized spacial score (nSPS) is 18.7. The van der Waals surface area contributed by atoms with E-state index in [1.807, 2.05) is 6.07 Å². The number of likely N-dealkylation sites (N-methyl/N-ethyl adjacent to an activating group) is 1. The van der Waals surface area contributed by atoms with Crippen molar-refractivity contribution >= 4 is 5.69 Å². The molecule has 1 saturated heterocycles. The summed E-state index contributed by atoms with van der Waals surface area (Å²) in [6.45, 7) is 3.84. The van der Waals surface area contributed by atoms with Crippen LogP contribution in [-0.2, 0) is 11.3 Å². The molecule has 1 fully saturated rings. The molecule has 1 N–H and O–H groups in total. The first-order valence-corrected chi connectivity index (χ1v) is 7.52. The molecule has 0 spiro atoms. The maximum absolute atomic E-state index is 14.2. The number of ether oxygens (including phenoxy) is 1. The molecule has 1 aliphatic heterocycles. The highest BCUT2D eigenvalue weighted by Gasteiger charge is 2.26. The highest BCUT2D eigenvalue weighted by molar-refractivity contribution is 5.55. The molecular formula is C16H26FN3O. The van der Waals surface area contributed by atoms with Crippen molar-refractivity contribution in [3.63, 3.8) is 0 Å². The lowest BCUT2D eigenvalue weighted by Gasteiger charge is -2.24. The molecule has 0 radical (unpaired) electrons. The second-order valence-electron chi connectivity index (χ2n) is 5.76. The van der Waals surface area contributed by atoms with Crippen LogP contribution in [0.15, 0.2) is 18.2 Å². The average Bonchev–Trinajstić information content (AvgIpc) is 2.94. The lowest BCUT2D eigenvalue weighted by atomic mass is 10.1. The monoisotopic (exact) mass is 295 g/mol. The first kappa shape index (κ1) is 16.2. The van der Waals surface area contributed by atoms with E-state index in [0.29, 0.717) is 19.2 Å². The van der Waals surface area contributed by atoms with Gasteiger partial charge in [-0.05, 0) is 32.6 Å². The highest BCUT2D eigenvalue weighted by Crippen LogP contribution is 2.27. The van der Waals surface area contributed by atoms with E-state index in [4.69, 9.17) is 4.74 Å². The van der Waals surface area contributed by atoms with Crippen LogP contribution in [0.2, 0.25) is 0 Å². The summed E-state index contributed by atoms with van der Waals surface area (Å²) < 4.78 is 19.2. The highest BCUT2D eigenvalue weighted by atomic mass is 19.1. The van der Waals surface area contributed by atoms with Gasteiger partial charge in [0, 0.05) is 50.6 Å². The Labute approximate surface area is 126 Å². The summed E-state index contributed by atoms with van der Waals surface area (Å²) in [7, 11) is 5.88. The van der Waals surface area contributed by atoms with E-state index < -0.39 is 0 Å². The standard InChI is InChI=1S/C16H26FN3O/c1-19(2)13-7-9-20(12-13)16-6-4-5-15(17)14(16)11-18-8-10-21-3/h4-6,13,18H,7-12H2,1-3H3. The fourth-order valence-corrected chi connectivity index (χ4v) is 2.79. The molecule has 1 atom stereocenters. The number of benzene rings is 1. The zero-order chi connectivity index (χ0) is 15.2. The molecular weight excluding hydrogens is 269 g/mol. The lowest BCUT2D eigenvalue weighted by molar-refractivity contribution is 0.199. The van der Waals surface area contributed by atoms with E-state index in [0.717, 1.165) is 37.3 Å². The van der Waals surface area contributed by atoms with Gasteiger partial charge in [-0.15, -0.1) is 0 Å². The molecule has 21 heavy (non-hydrogen) atoms. The zero-order valence-corrected chi connectivity index (χ0v) is 13.2. The van der Waals surface area contributed by atoms with E-state index in [1.54, 1.807) is 13.2 Å². The number of anilines is 1. The SMILES string of the molecule is COCCNCc1c(F)cccc1N1CCC(N(C)C)C1. The van der Waals surface area contributed by atoms with E-state index in [9.17, 15) is 4.39 Å². The first-order chi connectivity index (χ1) is 10.1. The van der Waals surface area contributed by atoms with Gasteiger partial charge in [-0.25, -0.2) is 4.39 Å². The molecule has 1 heterocycles. The minimum Gasteiger partial charge on any atom is -0.383 e. The Morgan fingerprint density at radius 2 is 2.24 bits per heavy atom. The van der Waals surface area contributed by atoms with Gasteiger partial charge in [0.25, 0.3) is 0 Å². The molecule has 118 valence electrons. The second-order valence-corrected chi connectivity index (χ2v) is 5.76. The molecule has 1 aromatic rings. The summed E-state index contributed by atoms with van der Waals surface area (Å²) in [5.74, 6) is -0.134. The maximum atomic E-state index is 14.2. The molecule has 0 bridgehead atoms. The molecule has 0 amide bonds. The summed E-state index contributed by atoms with van der Waals surface area (Å²) in [4.78, 5) is 4.54. The number of rotatable bonds is 7. The third kappa shape index (κ3) is 4.15. The Hall–Kier alpha value is -1.17. The number of nitrogens with zero attached hydrogens (tertiary/aromatic N) is 2. The molecule has 0 aliphatic carbocycles. The van der Waals surface area contributed by atoms with Gasteiger partial charge >= 0.3 is 0 Å². The Morgan fingerprint density at radius 1 is 1.43 bits per heavy atom. The fourth-order valence-electron chi connectivity index (χ4n) is 2.79. The maximum Gasteiger partial charge on any atom is 0.129 e. The van der Waals surface area contributed by atoms with Crippen LogP contribution in [0.5, 0.6) is 0 Å². The van der Waals surface area contributed by atoms with Crippen LogP contribution in [-0.4, -0.2) is 58.4 Å². The summed E-state index contributed by atoms with van der Waals surface area (Å²) in [6, 6.07) is 5.90. The minimum atomic E-state index is -0.134. The Morgan fingerprint density at radius 3 is 2.90 bits per heavy atom. The van der Waals surface area contributed by atoms with Crippen molar-refractivity contribution in [3.8, 4) is 0 Å². The largest absolute Gasteiger partial charge is 0.383 e. The number of methoxy groups -OCH3 is 1. The predicted molar refractivity (Wildman–Crippen MR) is 84.3 cm³/mol.